The summed E-state index contributed by atoms with van der Waals surface area (Å²) in [5.41, 5.74) is 0. The molecule has 1 N–H and O–H groups in total. The summed E-state index contributed by atoms with van der Waals surface area (Å²) in [6.45, 7) is 3.13. The average Bonchev–Trinajstić information content (AvgIpc) is 2.69. The molecule has 1 saturated carbocycles. The molecule has 2 rings (SSSR count). The van der Waals surface area contributed by atoms with Crippen molar-refractivity contribution < 1.29 is 4.74 Å². The lowest BCUT2D eigenvalue weighted by Crippen LogP contribution is -2.34. The van der Waals surface area contributed by atoms with Crippen LogP contribution in [0.5, 0.6) is 0 Å². The lowest BCUT2D eigenvalue weighted by molar-refractivity contribution is 0.188. The minimum atomic E-state index is 0.655. The molecule has 0 aromatic rings. The molecule has 2 aliphatic rings. The van der Waals surface area contributed by atoms with Gasteiger partial charge < -0.3 is 10.1 Å². The van der Waals surface area contributed by atoms with Crippen molar-refractivity contribution in [3.05, 3.63) is 0 Å². The van der Waals surface area contributed by atoms with Gasteiger partial charge in [0, 0.05) is 12.6 Å². The van der Waals surface area contributed by atoms with E-state index in [1.807, 2.05) is 0 Å². The van der Waals surface area contributed by atoms with E-state index in [0.29, 0.717) is 6.04 Å². The molecule has 2 heteroatoms. The van der Waals surface area contributed by atoms with Gasteiger partial charge in [-0.05, 0) is 31.7 Å². The second kappa shape index (κ2) is 4.97. The van der Waals surface area contributed by atoms with E-state index < -0.39 is 0 Å². The summed E-state index contributed by atoms with van der Waals surface area (Å²) >= 11 is 0. The predicted molar refractivity (Wildman–Crippen MR) is 53.8 cm³/mol. The number of nitrogens with one attached hydrogen (secondary N) is 1. The minimum absolute atomic E-state index is 0.655. The number of hydrogen-bond donors (Lipinski definition) is 1. The molecular weight excluding hydrogens is 162 g/mol. The van der Waals surface area contributed by atoms with E-state index in [0.717, 1.165) is 19.1 Å². The van der Waals surface area contributed by atoms with E-state index in [9.17, 15) is 0 Å². The quantitative estimate of drug-likeness (QED) is 0.722. The van der Waals surface area contributed by atoms with Crippen molar-refractivity contribution in [1.82, 2.24) is 5.32 Å². The van der Waals surface area contributed by atoms with Gasteiger partial charge in [-0.2, -0.15) is 0 Å². The van der Waals surface area contributed by atoms with Crippen molar-refractivity contribution in [3.63, 3.8) is 0 Å². The normalized spacial score (nSPS) is 30.9. The highest BCUT2D eigenvalue weighted by Gasteiger charge is 2.18. The smallest absolute Gasteiger partial charge is 0.0620 e. The standard InChI is InChI=1S/C11H21NO/c1-2-4-10(5-3-1)8-12-11-6-7-13-9-11/h10-12H,1-9H2. The van der Waals surface area contributed by atoms with Crippen molar-refractivity contribution in [2.24, 2.45) is 5.92 Å². The summed E-state index contributed by atoms with van der Waals surface area (Å²) in [6.07, 6.45) is 8.47. The van der Waals surface area contributed by atoms with Gasteiger partial charge in [0.05, 0.1) is 6.61 Å². The fourth-order valence-corrected chi connectivity index (χ4v) is 2.42. The van der Waals surface area contributed by atoms with Gasteiger partial charge in [0.25, 0.3) is 0 Å². The van der Waals surface area contributed by atoms with Crippen LogP contribution in [0.25, 0.3) is 0 Å². The zero-order valence-corrected chi connectivity index (χ0v) is 8.43. The summed E-state index contributed by atoms with van der Waals surface area (Å²) in [5, 5.41) is 3.63. The predicted octanol–water partition coefficient (Wildman–Crippen LogP) is 1.95. The largest absolute Gasteiger partial charge is 0.380 e. The first-order chi connectivity index (χ1) is 6.45. The molecule has 0 amide bonds. The monoisotopic (exact) mass is 183 g/mol. The Morgan fingerprint density at radius 2 is 1.92 bits per heavy atom. The van der Waals surface area contributed by atoms with Crippen LogP contribution in [-0.2, 0) is 4.74 Å². The SMILES string of the molecule is C1CCC(CNC2CCOC2)CC1. The molecule has 13 heavy (non-hydrogen) atoms. The Kier molecular flexibility index (Phi) is 3.62. The topological polar surface area (TPSA) is 21.3 Å². The Morgan fingerprint density at radius 3 is 2.62 bits per heavy atom. The first-order valence-electron chi connectivity index (χ1n) is 5.76. The first kappa shape index (κ1) is 9.47. The molecule has 1 atom stereocenters. The van der Waals surface area contributed by atoms with Gasteiger partial charge in [0.2, 0.25) is 0 Å². The van der Waals surface area contributed by atoms with Crippen LogP contribution in [0.1, 0.15) is 38.5 Å². The summed E-state index contributed by atoms with van der Waals surface area (Å²) in [4.78, 5) is 0. The summed E-state index contributed by atoms with van der Waals surface area (Å²) < 4.78 is 5.33. The Labute approximate surface area is 81.0 Å². The highest BCUT2D eigenvalue weighted by atomic mass is 16.5. The van der Waals surface area contributed by atoms with Crippen molar-refractivity contribution in [1.29, 1.82) is 0 Å². The fourth-order valence-electron chi connectivity index (χ4n) is 2.42. The molecule has 0 radical (unpaired) electrons. The molecule has 1 saturated heterocycles. The zero-order valence-electron chi connectivity index (χ0n) is 8.43. The molecule has 0 aromatic carbocycles. The van der Waals surface area contributed by atoms with E-state index in [1.165, 1.54) is 45.1 Å². The Hall–Kier alpha value is -0.0800. The molecule has 0 aromatic heterocycles. The molecule has 2 fully saturated rings. The molecular formula is C11H21NO. The van der Waals surface area contributed by atoms with E-state index in [4.69, 9.17) is 4.74 Å². The molecule has 0 spiro atoms. The number of ether oxygens (including phenoxy) is 1. The van der Waals surface area contributed by atoms with Gasteiger partial charge in [0.1, 0.15) is 0 Å². The minimum Gasteiger partial charge on any atom is -0.380 e. The molecule has 1 unspecified atom stereocenters. The second-order valence-corrected chi connectivity index (χ2v) is 4.47. The van der Waals surface area contributed by atoms with Crippen molar-refractivity contribution in [3.8, 4) is 0 Å². The molecule has 76 valence electrons. The average molecular weight is 183 g/mol. The van der Waals surface area contributed by atoms with Crippen LogP contribution in [0.3, 0.4) is 0 Å². The molecule has 1 heterocycles. The third kappa shape index (κ3) is 2.96. The van der Waals surface area contributed by atoms with Crippen LogP contribution in [0.4, 0.5) is 0 Å². The molecule has 1 aliphatic carbocycles. The number of rotatable bonds is 3. The molecule has 2 nitrogen and oxygen atoms in total. The van der Waals surface area contributed by atoms with Gasteiger partial charge >= 0.3 is 0 Å². The van der Waals surface area contributed by atoms with E-state index in [1.54, 1.807) is 0 Å². The van der Waals surface area contributed by atoms with Crippen molar-refractivity contribution >= 4 is 0 Å². The lowest BCUT2D eigenvalue weighted by atomic mass is 9.89. The Morgan fingerprint density at radius 1 is 1.08 bits per heavy atom. The van der Waals surface area contributed by atoms with E-state index >= 15 is 0 Å². The van der Waals surface area contributed by atoms with Crippen LogP contribution < -0.4 is 5.32 Å². The van der Waals surface area contributed by atoms with Crippen LogP contribution in [0.2, 0.25) is 0 Å². The maximum Gasteiger partial charge on any atom is 0.0620 e. The third-order valence-corrected chi connectivity index (χ3v) is 3.35. The maximum atomic E-state index is 5.33. The highest BCUT2D eigenvalue weighted by molar-refractivity contribution is 4.74. The van der Waals surface area contributed by atoms with Crippen LogP contribution >= 0.6 is 0 Å². The van der Waals surface area contributed by atoms with Gasteiger partial charge in [-0.3, -0.25) is 0 Å². The van der Waals surface area contributed by atoms with Crippen LogP contribution in [-0.4, -0.2) is 25.8 Å². The molecule has 1 aliphatic heterocycles. The van der Waals surface area contributed by atoms with Crippen molar-refractivity contribution in [2.45, 2.75) is 44.6 Å². The van der Waals surface area contributed by atoms with E-state index in [2.05, 4.69) is 5.32 Å². The van der Waals surface area contributed by atoms with E-state index in [-0.39, 0.29) is 0 Å². The van der Waals surface area contributed by atoms with Gasteiger partial charge in [-0.25, -0.2) is 0 Å². The zero-order chi connectivity index (χ0) is 8.93. The van der Waals surface area contributed by atoms with Crippen LogP contribution in [0, 0.1) is 5.92 Å². The van der Waals surface area contributed by atoms with Gasteiger partial charge in [0.15, 0.2) is 0 Å². The molecule has 0 bridgehead atoms. The maximum absolute atomic E-state index is 5.33. The Bertz CT molecular complexity index is 137. The summed E-state index contributed by atoms with van der Waals surface area (Å²) in [5.74, 6) is 0.953. The summed E-state index contributed by atoms with van der Waals surface area (Å²) in [7, 11) is 0. The van der Waals surface area contributed by atoms with Crippen molar-refractivity contribution in [2.75, 3.05) is 19.8 Å². The van der Waals surface area contributed by atoms with Gasteiger partial charge in [-0.15, -0.1) is 0 Å². The summed E-state index contributed by atoms with van der Waals surface area (Å²) in [6, 6.07) is 0.655. The number of hydrogen-bond acceptors (Lipinski definition) is 2. The Balaban J connectivity index is 1.60. The second-order valence-electron chi connectivity index (χ2n) is 4.47. The fraction of sp³-hybridized carbons (Fsp3) is 1.00. The van der Waals surface area contributed by atoms with Crippen LogP contribution in [0.15, 0.2) is 0 Å². The highest BCUT2D eigenvalue weighted by Crippen LogP contribution is 2.23. The first-order valence-corrected chi connectivity index (χ1v) is 5.76. The van der Waals surface area contributed by atoms with Gasteiger partial charge in [-0.1, -0.05) is 19.3 Å². The third-order valence-electron chi connectivity index (χ3n) is 3.35. The lowest BCUT2D eigenvalue weighted by Gasteiger charge is -2.23.